The van der Waals surface area contributed by atoms with E-state index in [0.29, 0.717) is 18.5 Å². The zero-order valence-electron chi connectivity index (χ0n) is 17.3. The number of rotatable bonds is 6. The van der Waals surface area contributed by atoms with Crippen molar-refractivity contribution in [1.29, 1.82) is 0 Å². The number of hydrogen-bond donors (Lipinski definition) is 1. The van der Waals surface area contributed by atoms with Crippen LogP contribution in [0.1, 0.15) is 18.4 Å². The first-order valence-corrected chi connectivity index (χ1v) is 10.9. The standard InChI is InChI=1S/C24H26FN5O/c25-20-8-6-17(7-9-20)13-26-24(31)22-15-29-11-10-19(22)12-21(29)14-30-16-23(27-28-30)18-4-2-1-3-5-18/h1-9,16,19,21-22H,10-15H2,(H,26,31). The van der Waals surface area contributed by atoms with Gasteiger partial charge in [0.15, 0.2) is 0 Å². The predicted molar refractivity (Wildman–Crippen MR) is 115 cm³/mol. The van der Waals surface area contributed by atoms with Gasteiger partial charge < -0.3 is 5.32 Å². The second kappa shape index (κ2) is 8.59. The molecule has 3 aliphatic heterocycles. The van der Waals surface area contributed by atoms with E-state index in [4.69, 9.17) is 0 Å². The Morgan fingerprint density at radius 1 is 1.13 bits per heavy atom. The molecule has 3 aromatic rings. The summed E-state index contributed by atoms with van der Waals surface area (Å²) in [5.74, 6) is 0.243. The third-order valence-electron chi connectivity index (χ3n) is 6.60. The van der Waals surface area contributed by atoms with Crippen LogP contribution in [-0.4, -0.2) is 44.9 Å². The molecule has 3 saturated heterocycles. The minimum atomic E-state index is -0.262. The number of aromatic nitrogens is 3. The Balaban J connectivity index is 1.18. The van der Waals surface area contributed by atoms with Crippen molar-refractivity contribution in [2.24, 2.45) is 11.8 Å². The van der Waals surface area contributed by atoms with Crippen LogP contribution in [0, 0.1) is 17.7 Å². The second-order valence-electron chi connectivity index (χ2n) is 8.58. The summed E-state index contributed by atoms with van der Waals surface area (Å²) in [5, 5.41) is 11.7. The molecular weight excluding hydrogens is 393 g/mol. The third kappa shape index (κ3) is 4.37. The van der Waals surface area contributed by atoms with Gasteiger partial charge in [-0.2, -0.15) is 0 Å². The normalized spacial score (nSPS) is 24.8. The summed E-state index contributed by atoms with van der Waals surface area (Å²) in [6, 6.07) is 16.7. The van der Waals surface area contributed by atoms with Crippen LogP contribution in [0.4, 0.5) is 4.39 Å². The molecular formula is C24H26FN5O. The number of carbonyl (C=O) groups excluding carboxylic acids is 1. The van der Waals surface area contributed by atoms with E-state index < -0.39 is 0 Å². The van der Waals surface area contributed by atoms with Gasteiger partial charge in [-0.1, -0.05) is 47.7 Å². The number of benzene rings is 2. The van der Waals surface area contributed by atoms with Crippen molar-refractivity contribution in [2.45, 2.75) is 32.0 Å². The molecule has 3 aliphatic rings. The highest BCUT2D eigenvalue weighted by atomic mass is 19.1. The quantitative estimate of drug-likeness (QED) is 0.667. The molecule has 0 aliphatic carbocycles. The van der Waals surface area contributed by atoms with Gasteiger partial charge in [-0.3, -0.25) is 14.4 Å². The van der Waals surface area contributed by atoms with Crippen molar-refractivity contribution in [3.8, 4) is 11.3 Å². The van der Waals surface area contributed by atoms with Crippen molar-refractivity contribution in [1.82, 2.24) is 25.2 Å². The van der Waals surface area contributed by atoms with E-state index in [1.807, 2.05) is 41.2 Å². The van der Waals surface area contributed by atoms with Crippen molar-refractivity contribution in [2.75, 3.05) is 13.1 Å². The molecule has 7 heteroatoms. The minimum Gasteiger partial charge on any atom is -0.352 e. The Morgan fingerprint density at radius 2 is 1.94 bits per heavy atom. The summed E-state index contributed by atoms with van der Waals surface area (Å²) in [4.78, 5) is 15.2. The Labute approximate surface area is 181 Å². The van der Waals surface area contributed by atoms with Crippen molar-refractivity contribution in [3.05, 3.63) is 72.2 Å². The number of amides is 1. The van der Waals surface area contributed by atoms with E-state index >= 15 is 0 Å². The molecule has 6 nitrogen and oxygen atoms in total. The first kappa shape index (κ1) is 19.9. The zero-order chi connectivity index (χ0) is 21.2. The summed E-state index contributed by atoms with van der Waals surface area (Å²) < 4.78 is 15.0. The number of piperidine rings is 3. The molecule has 4 heterocycles. The van der Waals surface area contributed by atoms with Crippen LogP contribution in [0.2, 0.25) is 0 Å². The molecule has 31 heavy (non-hydrogen) atoms. The van der Waals surface area contributed by atoms with Gasteiger partial charge in [-0.05, 0) is 43.0 Å². The lowest BCUT2D eigenvalue weighted by Crippen LogP contribution is -2.57. The molecule has 1 amide bonds. The van der Waals surface area contributed by atoms with Gasteiger partial charge in [0.2, 0.25) is 5.91 Å². The number of hydrogen-bond acceptors (Lipinski definition) is 4. The molecule has 160 valence electrons. The highest BCUT2D eigenvalue weighted by Crippen LogP contribution is 2.37. The number of nitrogens with one attached hydrogen (secondary N) is 1. The smallest absolute Gasteiger partial charge is 0.224 e. The maximum Gasteiger partial charge on any atom is 0.224 e. The number of fused-ring (bicyclic) bond motifs is 3. The van der Waals surface area contributed by atoms with E-state index in [1.54, 1.807) is 12.1 Å². The van der Waals surface area contributed by atoms with Crippen LogP contribution in [-0.2, 0) is 17.9 Å². The van der Waals surface area contributed by atoms with Crippen molar-refractivity contribution >= 4 is 5.91 Å². The fraction of sp³-hybridized carbons (Fsp3) is 0.375. The fourth-order valence-electron chi connectivity index (χ4n) is 4.89. The molecule has 0 radical (unpaired) electrons. The van der Waals surface area contributed by atoms with Gasteiger partial charge >= 0.3 is 0 Å². The fourth-order valence-corrected chi connectivity index (χ4v) is 4.89. The number of nitrogens with zero attached hydrogens (tertiary/aromatic N) is 4. The predicted octanol–water partition coefficient (Wildman–Crippen LogP) is 3.11. The minimum absolute atomic E-state index is 0.0149. The van der Waals surface area contributed by atoms with E-state index in [1.165, 1.54) is 12.1 Å². The molecule has 6 rings (SSSR count). The van der Waals surface area contributed by atoms with Gasteiger partial charge in [0.05, 0.1) is 18.7 Å². The largest absolute Gasteiger partial charge is 0.352 e. The molecule has 3 fully saturated rings. The Bertz CT molecular complexity index is 1040. The Morgan fingerprint density at radius 3 is 2.68 bits per heavy atom. The summed E-state index contributed by atoms with van der Waals surface area (Å²) in [6.45, 7) is 3.04. The van der Waals surface area contributed by atoms with Gasteiger partial charge in [0, 0.05) is 24.7 Å². The monoisotopic (exact) mass is 419 g/mol. The third-order valence-corrected chi connectivity index (χ3v) is 6.60. The average molecular weight is 420 g/mol. The second-order valence-corrected chi connectivity index (χ2v) is 8.58. The summed E-state index contributed by atoms with van der Waals surface area (Å²) in [5.41, 5.74) is 2.86. The van der Waals surface area contributed by atoms with Crippen LogP contribution < -0.4 is 5.32 Å². The van der Waals surface area contributed by atoms with E-state index in [-0.39, 0.29) is 17.6 Å². The molecule has 4 atom stereocenters. The SMILES string of the molecule is O=C(NCc1ccc(F)cc1)C1CN2CCC1CC2Cn1cc(-c2ccccc2)nn1. The summed E-state index contributed by atoms with van der Waals surface area (Å²) in [6.07, 6.45) is 4.05. The Kier molecular flexibility index (Phi) is 5.51. The number of halogens is 1. The first-order valence-electron chi connectivity index (χ1n) is 10.9. The maximum absolute atomic E-state index is 13.1. The lowest BCUT2D eigenvalue weighted by molar-refractivity contribution is -0.133. The molecule has 1 N–H and O–H groups in total. The molecule has 1 aromatic heterocycles. The van der Waals surface area contributed by atoms with Crippen molar-refractivity contribution < 1.29 is 9.18 Å². The number of carbonyl (C=O) groups is 1. The summed E-state index contributed by atoms with van der Waals surface area (Å²) in [7, 11) is 0. The molecule has 0 spiro atoms. The Hall–Kier alpha value is -3.06. The van der Waals surface area contributed by atoms with Gasteiger partial charge in [0.25, 0.3) is 0 Å². The van der Waals surface area contributed by atoms with Crippen LogP contribution >= 0.6 is 0 Å². The van der Waals surface area contributed by atoms with Crippen LogP contribution in [0.3, 0.4) is 0 Å². The zero-order valence-corrected chi connectivity index (χ0v) is 17.3. The highest BCUT2D eigenvalue weighted by molar-refractivity contribution is 5.79. The molecule has 4 unspecified atom stereocenters. The van der Waals surface area contributed by atoms with Crippen molar-refractivity contribution in [3.63, 3.8) is 0 Å². The van der Waals surface area contributed by atoms with Gasteiger partial charge in [-0.15, -0.1) is 5.10 Å². The lowest BCUT2D eigenvalue weighted by atomic mass is 9.75. The highest BCUT2D eigenvalue weighted by Gasteiger charge is 2.43. The van der Waals surface area contributed by atoms with E-state index in [0.717, 1.165) is 49.3 Å². The van der Waals surface area contributed by atoms with Crippen LogP contribution in [0.25, 0.3) is 11.3 Å². The topological polar surface area (TPSA) is 63.1 Å². The van der Waals surface area contributed by atoms with Gasteiger partial charge in [-0.25, -0.2) is 4.39 Å². The summed E-state index contributed by atoms with van der Waals surface area (Å²) >= 11 is 0. The molecule has 0 saturated carbocycles. The van der Waals surface area contributed by atoms with E-state index in [2.05, 4.69) is 20.5 Å². The first-order chi connectivity index (χ1) is 15.2. The van der Waals surface area contributed by atoms with E-state index in [9.17, 15) is 9.18 Å². The maximum atomic E-state index is 13.1. The molecule has 2 bridgehead atoms. The van der Waals surface area contributed by atoms with Crippen LogP contribution in [0.5, 0.6) is 0 Å². The van der Waals surface area contributed by atoms with Crippen LogP contribution in [0.15, 0.2) is 60.8 Å². The average Bonchev–Trinajstić information content (AvgIpc) is 3.28. The lowest BCUT2D eigenvalue weighted by Gasteiger charge is -2.49. The molecule has 2 aromatic carbocycles. The van der Waals surface area contributed by atoms with Gasteiger partial charge in [0.1, 0.15) is 11.5 Å².